The fourth-order valence-corrected chi connectivity index (χ4v) is 1.91. The number of carbonyl (C=O) groups is 1. The lowest BCUT2D eigenvalue weighted by Crippen LogP contribution is -2.12. The highest BCUT2D eigenvalue weighted by atomic mass is 16.1. The minimum Gasteiger partial charge on any atom is -0.330 e. The normalized spacial score (nSPS) is 10.2. The van der Waals surface area contributed by atoms with Crippen molar-refractivity contribution in [2.24, 2.45) is 5.73 Å². The first-order valence-corrected chi connectivity index (χ1v) is 6.36. The summed E-state index contributed by atoms with van der Waals surface area (Å²) in [6.45, 7) is 2.60. The van der Waals surface area contributed by atoms with Crippen molar-refractivity contribution in [3.8, 4) is 0 Å². The van der Waals surface area contributed by atoms with Crippen LogP contribution in [0.25, 0.3) is 0 Å². The Bertz CT molecular complexity index is 561. The minimum atomic E-state index is -0.0877. The van der Waals surface area contributed by atoms with Gasteiger partial charge in [-0.3, -0.25) is 4.79 Å². The van der Waals surface area contributed by atoms with Gasteiger partial charge in [0, 0.05) is 11.3 Å². The van der Waals surface area contributed by atoms with E-state index in [1.54, 1.807) is 0 Å². The molecule has 0 aromatic heterocycles. The van der Waals surface area contributed by atoms with Gasteiger partial charge < -0.3 is 11.1 Å². The van der Waals surface area contributed by atoms with Crippen LogP contribution in [-0.2, 0) is 6.42 Å². The van der Waals surface area contributed by atoms with Gasteiger partial charge in [-0.2, -0.15) is 0 Å². The molecule has 19 heavy (non-hydrogen) atoms. The van der Waals surface area contributed by atoms with Crippen LogP contribution in [-0.4, -0.2) is 12.5 Å². The molecule has 2 rings (SSSR count). The second-order valence-corrected chi connectivity index (χ2v) is 4.56. The molecule has 0 radical (unpaired) electrons. The van der Waals surface area contributed by atoms with E-state index in [-0.39, 0.29) is 5.91 Å². The maximum absolute atomic E-state index is 12.0. The SMILES string of the molecule is Cc1cccc(C(=O)Nc2ccc(CCN)cc2)c1. The summed E-state index contributed by atoms with van der Waals surface area (Å²) in [6.07, 6.45) is 0.853. The molecule has 0 saturated heterocycles. The van der Waals surface area contributed by atoms with Gasteiger partial charge in [-0.1, -0.05) is 29.8 Å². The Morgan fingerprint density at radius 2 is 1.89 bits per heavy atom. The van der Waals surface area contributed by atoms with E-state index in [1.165, 1.54) is 5.56 Å². The summed E-state index contributed by atoms with van der Waals surface area (Å²) in [5.41, 5.74) is 9.22. The van der Waals surface area contributed by atoms with Crippen molar-refractivity contribution in [3.05, 3.63) is 65.2 Å². The molecule has 2 aromatic carbocycles. The number of carbonyl (C=O) groups excluding carboxylic acids is 1. The van der Waals surface area contributed by atoms with Crippen molar-refractivity contribution in [2.45, 2.75) is 13.3 Å². The molecule has 0 aliphatic rings. The van der Waals surface area contributed by atoms with Gasteiger partial charge in [-0.05, 0) is 49.7 Å². The summed E-state index contributed by atoms with van der Waals surface area (Å²) in [5, 5.41) is 2.88. The van der Waals surface area contributed by atoms with E-state index in [9.17, 15) is 4.79 Å². The van der Waals surface area contributed by atoms with Crippen LogP contribution in [0.5, 0.6) is 0 Å². The van der Waals surface area contributed by atoms with Crippen molar-refractivity contribution in [1.29, 1.82) is 0 Å². The first-order chi connectivity index (χ1) is 9.19. The van der Waals surface area contributed by atoms with E-state index in [0.29, 0.717) is 12.1 Å². The molecule has 1 amide bonds. The lowest BCUT2D eigenvalue weighted by atomic mass is 10.1. The number of nitrogens with two attached hydrogens (primary N) is 1. The van der Waals surface area contributed by atoms with Crippen molar-refractivity contribution in [2.75, 3.05) is 11.9 Å². The fourth-order valence-electron chi connectivity index (χ4n) is 1.91. The third kappa shape index (κ3) is 3.66. The molecule has 0 aliphatic carbocycles. The number of benzene rings is 2. The summed E-state index contributed by atoms with van der Waals surface area (Å²) in [6, 6.07) is 15.3. The zero-order valence-corrected chi connectivity index (χ0v) is 11.0. The second-order valence-electron chi connectivity index (χ2n) is 4.56. The van der Waals surface area contributed by atoms with Gasteiger partial charge in [0.1, 0.15) is 0 Å². The number of hydrogen-bond acceptors (Lipinski definition) is 2. The maximum atomic E-state index is 12.0. The van der Waals surface area contributed by atoms with Crippen LogP contribution in [0.1, 0.15) is 21.5 Å². The van der Waals surface area contributed by atoms with Gasteiger partial charge >= 0.3 is 0 Å². The molecule has 3 nitrogen and oxygen atoms in total. The number of anilines is 1. The van der Waals surface area contributed by atoms with Gasteiger partial charge in [-0.15, -0.1) is 0 Å². The Kier molecular flexibility index (Phi) is 4.31. The third-order valence-corrected chi connectivity index (χ3v) is 2.93. The van der Waals surface area contributed by atoms with Crippen molar-refractivity contribution >= 4 is 11.6 Å². The average molecular weight is 254 g/mol. The summed E-state index contributed by atoms with van der Waals surface area (Å²) in [4.78, 5) is 12.0. The largest absolute Gasteiger partial charge is 0.330 e. The molecule has 98 valence electrons. The second kappa shape index (κ2) is 6.16. The Morgan fingerprint density at radius 3 is 2.53 bits per heavy atom. The molecule has 3 heteroatoms. The van der Waals surface area contributed by atoms with Crippen LogP contribution in [0.4, 0.5) is 5.69 Å². The molecule has 0 unspecified atom stereocenters. The topological polar surface area (TPSA) is 55.1 Å². The van der Waals surface area contributed by atoms with E-state index in [0.717, 1.165) is 17.7 Å². The summed E-state index contributed by atoms with van der Waals surface area (Å²) in [7, 11) is 0. The first kappa shape index (κ1) is 13.3. The van der Waals surface area contributed by atoms with Crippen LogP contribution in [0, 0.1) is 6.92 Å². The number of aryl methyl sites for hydroxylation is 1. The van der Waals surface area contributed by atoms with Gasteiger partial charge in [0.15, 0.2) is 0 Å². The average Bonchev–Trinajstić information content (AvgIpc) is 2.41. The minimum absolute atomic E-state index is 0.0877. The van der Waals surface area contributed by atoms with Crippen molar-refractivity contribution in [3.63, 3.8) is 0 Å². The molecular formula is C16H18N2O. The fraction of sp³-hybridized carbons (Fsp3) is 0.188. The molecule has 0 spiro atoms. The molecule has 0 saturated carbocycles. The summed E-state index contributed by atoms with van der Waals surface area (Å²) < 4.78 is 0. The zero-order valence-electron chi connectivity index (χ0n) is 11.0. The number of rotatable bonds is 4. The highest BCUT2D eigenvalue weighted by Gasteiger charge is 2.05. The molecule has 0 bridgehead atoms. The predicted molar refractivity (Wildman–Crippen MR) is 78.3 cm³/mol. The molecule has 3 N–H and O–H groups in total. The van der Waals surface area contributed by atoms with E-state index in [1.807, 2.05) is 55.5 Å². The Labute approximate surface area is 113 Å². The number of nitrogens with one attached hydrogen (secondary N) is 1. The quantitative estimate of drug-likeness (QED) is 0.881. The van der Waals surface area contributed by atoms with Crippen LogP contribution < -0.4 is 11.1 Å². The Hall–Kier alpha value is -2.13. The van der Waals surface area contributed by atoms with Crippen LogP contribution in [0.2, 0.25) is 0 Å². The molecule has 0 fully saturated rings. The highest BCUT2D eigenvalue weighted by molar-refractivity contribution is 6.04. The van der Waals surface area contributed by atoms with E-state index >= 15 is 0 Å². The summed E-state index contributed by atoms with van der Waals surface area (Å²) >= 11 is 0. The zero-order chi connectivity index (χ0) is 13.7. The van der Waals surface area contributed by atoms with Gasteiger partial charge in [-0.25, -0.2) is 0 Å². The maximum Gasteiger partial charge on any atom is 0.255 e. The molecule has 2 aromatic rings. The van der Waals surface area contributed by atoms with Crippen LogP contribution >= 0.6 is 0 Å². The summed E-state index contributed by atoms with van der Waals surface area (Å²) in [5.74, 6) is -0.0877. The van der Waals surface area contributed by atoms with Crippen molar-refractivity contribution < 1.29 is 4.79 Å². The molecule has 0 heterocycles. The van der Waals surface area contributed by atoms with Gasteiger partial charge in [0.05, 0.1) is 0 Å². The van der Waals surface area contributed by atoms with Gasteiger partial charge in [0.2, 0.25) is 0 Å². The van der Waals surface area contributed by atoms with E-state index in [2.05, 4.69) is 5.32 Å². The molecular weight excluding hydrogens is 236 g/mol. The van der Waals surface area contributed by atoms with Crippen LogP contribution in [0.3, 0.4) is 0 Å². The van der Waals surface area contributed by atoms with Crippen molar-refractivity contribution in [1.82, 2.24) is 0 Å². The third-order valence-electron chi connectivity index (χ3n) is 2.93. The van der Waals surface area contributed by atoms with E-state index in [4.69, 9.17) is 5.73 Å². The van der Waals surface area contributed by atoms with Gasteiger partial charge in [0.25, 0.3) is 5.91 Å². The smallest absolute Gasteiger partial charge is 0.255 e. The Balaban J connectivity index is 2.06. The predicted octanol–water partition coefficient (Wildman–Crippen LogP) is 2.75. The van der Waals surface area contributed by atoms with E-state index < -0.39 is 0 Å². The number of amides is 1. The molecule has 0 atom stereocenters. The standard InChI is InChI=1S/C16H18N2O/c1-12-3-2-4-14(11-12)16(19)18-15-7-5-13(6-8-15)9-10-17/h2-8,11H,9-10,17H2,1H3,(H,18,19). The Morgan fingerprint density at radius 1 is 1.16 bits per heavy atom. The van der Waals surface area contributed by atoms with Crippen LogP contribution in [0.15, 0.2) is 48.5 Å². The molecule has 0 aliphatic heterocycles. The lowest BCUT2D eigenvalue weighted by Gasteiger charge is -2.07. The number of hydrogen-bond donors (Lipinski definition) is 2. The monoisotopic (exact) mass is 254 g/mol. The highest BCUT2D eigenvalue weighted by Crippen LogP contribution is 2.12. The lowest BCUT2D eigenvalue weighted by molar-refractivity contribution is 0.102. The first-order valence-electron chi connectivity index (χ1n) is 6.36.